The molecule has 12 aromatic carbocycles. The van der Waals surface area contributed by atoms with Gasteiger partial charge >= 0.3 is 12.4 Å². The minimum Gasteiger partial charge on any atom is -0.207 e. The van der Waals surface area contributed by atoms with E-state index in [1.807, 2.05) is 176 Å². The monoisotopic (exact) mass is 1320 g/mol. The molecule has 12 aromatic rings. The van der Waals surface area contributed by atoms with Crippen molar-refractivity contribution in [2.24, 2.45) is 0 Å². The van der Waals surface area contributed by atoms with Crippen LogP contribution in [0.25, 0.3) is 0 Å². The van der Waals surface area contributed by atoms with Gasteiger partial charge in [-0.25, -0.2) is 26.3 Å². The van der Waals surface area contributed by atoms with E-state index in [4.69, 9.17) is 0 Å². The first kappa shape index (κ1) is 67.6. The van der Waals surface area contributed by atoms with E-state index in [1.54, 1.807) is 66.7 Å². The number of benzene rings is 12. The summed E-state index contributed by atoms with van der Waals surface area (Å²) in [6.07, 6.45) is -10.2. The molecular formula is C76H56F12S4+4. The maximum absolute atomic E-state index is 13.6. The van der Waals surface area contributed by atoms with Crippen LogP contribution in [0.3, 0.4) is 0 Å². The van der Waals surface area contributed by atoms with Crippen LogP contribution in [0, 0.1) is 34.9 Å². The molecule has 0 heterocycles. The van der Waals surface area contributed by atoms with Crippen LogP contribution in [-0.4, -0.2) is 12.4 Å². The Hall–Kier alpha value is -8.80. The van der Waals surface area contributed by atoms with E-state index in [0.29, 0.717) is 25.8 Å². The van der Waals surface area contributed by atoms with Crippen LogP contribution in [0.5, 0.6) is 0 Å². The smallest absolute Gasteiger partial charge is 0.207 e. The molecule has 0 unspecified atom stereocenters. The molecule has 0 amide bonds. The maximum Gasteiger partial charge on any atom is 0.393 e. The van der Waals surface area contributed by atoms with E-state index >= 15 is 0 Å². The topological polar surface area (TPSA) is 0 Å². The Kier molecular flexibility index (Phi) is 23.9. The molecule has 0 N–H and O–H groups in total. The van der Waals surface area contributed by atoms with Crippen molar-refractivity contribution in [1.29, 1.82) is 0 Å². The number of halogens is 12. The highest BCUT2D eigenvalue weighted by atomic mass is 32.2. The summed E-state index contributed by atoms with van der Waals surface area (Å²) >= 11 is 0. The normalized spacial score (nSPS) is 11.3. The first-order valence-electron chi connectivity index (χ1n) is 28.3. The second-order valence-electron chi connectivity index (χ2n) is 20.1. The van der Waals surface area contributed by atoms with Crippen molar-refractivity contribution < 1.29 is 52.7 Å². The van der Waals surface area contributed by atoms with E-state index in [0.717, 1.165) is 56.2 Å². The van der Waals surface area contributed by atoms with Gasteiger partial charge in [0.05, 0.1) is 56.4 Å². The molecule has 0 nitrogen and oxygen atoms in total. The predicted molar refractivity (Wildman–Crippen MR) is 345 cm³/mol. The summed E-state index contributed by atoms with van der Waals surface area (Å²) in [6, 6.07) is 91.1. The maximum atomic E-state index is 13.6. The lowest BCUT2D eigenvalue weighted by Crippen LogP contribution is -2.12. The highest BCUT2D eigenvalue weighted by molar-refractivity contribution is 7.98. The van der Waals surface area contributed by atoms with E-state index in [9.17, 15) is 52.7 Å². The summed E-state index contributed by atoms with van der Waals surface area (Å²) in [5.74, 6) is -3.49. The van der Waals surface area contributed by atoms with Gasteiger partial charge in [-0.15, -0.1) is 0 Å². The molecule has 0 bridgehead atoms. The van der Waals surface area contributed by atoms with E-state index in [2.05, 4.69) is 0 Å². The average molecular weight is 1330 g/mol. The molecular weight excluding hydrogens is 1270 g/mol. The van der Waals surface area contributed by atoms with Gasteiger partial charge in [-0.1, -0.05) is 146 Å². The number of hydrogen-bond acceptors (Lipinski definition) is 0. The second kappa shape index (κ2) is 32.5. The zero-order valence-electron chi connectivity index (χ0n) is 48.6. The minimum atomic E-state index is -4.20. The molecule has 0 aliphatic heterocycles. The van der Waals surface area contributed by atoms with Crippen molar-refractivity contribution >= 4 is 43.6 Å². The second-order valence-corrected chi connectivity index (χ2v) is 28.2. The number of alkyl halides is 6. The van der Waals surface area contributed by atoms with Crippen LogP contribution < -0.4 is 0 Å². The summed E-state index contributed by atoms with van der Waals surface area (Å²) in [7, 11) is -2.37. The number of hydrogen-bond donors (Lipinski definition) is 0. The van der Waals surface area contributed by atoms with Gasteiger partial charge in [0.25, 0.3) is 0 Å². The zero-order chi connectivity index (χ0) is 65.0. The van der Waals surface area contributed by atoms with Crippen LogP contribution in [0.1, 0.15) is 11.1 Å². The molecule has 0 saturated heterocycles. The Morgan fingerprint density at radius 2 is 0.380 bits per heavy atom. The summed E-state index contributed by atoms with van der Waals surface area (Å²) in [6.45, 7) is 0. The molecule has 0 aromatic heterocycles. The van der Waals surface area contributed by atoms with Gasteiger partial charge in [-0.3, -0.25) is 0 Å². The van der Waals surface area contributed by atoms with Gasteiger partial charge in [0.2, 0.25) is 0 Å². The van der Waals surface area contributed by atoms with Gasteiger partial charge < -0.3 is 0 Å². The fraction of sp³-hybridized carbons (Fsp3) is 0.0526. The Bertz CT molecular complexity index is 3890. The molecule has 0 spiro atoms. The highest BCUT2D eigenvalue weighted by Crippen LogP contribution is 2.37. The van der Waals surface area contributed by atoms with Crippen LogP contribution in [0.2, 0.25) is 0 Å². The minimum absolute atomic E-state index is 0.280. The summed E-state index contributed by atoms with van der Waals surface area (Å²) in [5.41, 5.74) is 0.591. The van der Waals surface area contributed by atoms with Gasteiger partial charge in [0.15, 0.2) is 58.7 Å². The largest absolute Gasteiger partial charge is 0.393 e. The van der Waals surface area contributed by atoms with Crippen molar-refractivity contribution in [2.75, 3.05) is 0 Å². The summed E-state index contributed by atoms with van der Waals surface area (Å²) < 4.78 is 158. The first-order valence-corrected chi connectivity index (χ1v) is 33.2. The van der Waals surface area contributed by atoms with Crippen LogP contribution in [0.4, 0.5) is 52.7 Å². The molecule has 0 saturated carbocycles. The SMILES string of the molecule is FC(F)(F)Cc1cccc([S+](c2ccccc2)c2ccccc2)c1.FC(F)(F)Cc1cccc([S+](c2ccccc2)c2ccccc2)c1.Fc1cc(F)cc([S+](c2ccccc2)c2cc(F)cc(F)c2)c1.Fc1cccc([S+](c2ccccc2)c2cccc(F)c2)c1. The van der Waals surface area contributed by atoms with Crippen molar-refractivity contribution in [2.45, 2.75) is 83.9 Å². The molecule has 0 aliphatic rings. The Morgan fingerprint density at radius 1 is 0.185 bits per heavy atom. The predicted octanol–water partition coefficient (Wildman–Crippen LogP) is 22.2. The molecule has 0 atom stereocenters. The van der Waals surface area contributed by atoms with E-state index < -0.39 is 92.0 Å². The lowest BCUT2D eigenvalue weighted by molar-refractivity contribution is -0.128. The molecule has 92 heavy (non-hydrogen) atoms. The van der Waals surface area contributed by atoms with Crippen LogP contribution in [-0.2, 0) is 56.4 Å². The Labute approximate surface area is 538 Å². The third-order valence-electron chi connectivity index (χ3n) is 13.2. The lowest BCUT2D eigenvalue weighted by atomic mass is 10.1. The van der Waals surface area contributed by atoms with Gasteiger partial charge in [-0.05, 0) is 132 Å². The summed E-state index contributed by atoms with van der Waals surface area (Å²) in [5, 5.41) is 0. The molecule has 0 radical (unpaired) electrons. The lowest BCUT2D eigenvalue weighted by Gasteiger charge is -2.10. The third-order valence-corrected chi connectivity index (χ3v) is 21.9. The Balaban J connectivity index is 0.000000145. The van der Waals surface area contributed by atoms with Crippen LogP contribution in [0.15, 0.2) is 374 Å². The number of rotatable bonds is 14. The molecule has 0 aliphatic carbocycles. The van der Waals surface area contributed by atoms with E-state index in [1.165, 1.54) is 60.7 Å². The third kappa shape index (κ3) is 20.1. The standard InChI is InChI=1S/2C20H16F3S.C18H11F4S.C18H13F2S/c2*21-20(22,23)15-16-8-7-13-19(14-16)24(17-9-3-1-4-10-17)18-11-5-2-6-12-18;19-12-6-13(20)9-17(8-12)23(16-4-2-1-3-5-16)18-10-14(21)7-15(22)11-18;19-14-6-4-10-17(12-14)21(16-8-2-1-3-9-16)18-11-5-7-15(20)13-18/h2*1-14H,15H2;1-11H;1-13H/q4*+1. The fourth-order valence-corrected chi connectivity index (χ4v) is 18.1. The zero-order valence-corrected chi connectivity index (χ0v) is 51.9. The van der Waals surface area contributed by atoms with E-state index in [-0.39, 0.29) is 11.6 Å². The molecule has 464 valence electrons. The van der Waals surface area contributed by atoms with Gasteiger partial charge in [0, 0.05) is 48.5 Å². The fourth-order valence-electron chi connectivity index (χ4n) is 9.48. The van der Waals surface area contributed by atoms with Crippen molar-refractivity contribution in [3.63, 3.8) is 0 Å². The first-order chi connectivity index (χ1) is 44.3. The average Bonchev–Trinajstić information content (AvgIpc) is 0.913. The van der Waals surface area contributed by atoms with Crippen molar-refractivity contribution in [1.82, 2.24) is 0 Å². The van der Waals surface area contributed by atoms with Gasteiger partial charge in [0.1, 0.15) is 34.9 Å². The highest BCUT2D eigenvalue weighted by Gasteiger charge is 2.35. The van der Waals surface area contributed by atoms with Crippen molar-refractivity contribution in [3.05, 3.63) is 361 Å². The molecule has 16 heteroatoms. The molecule has 12 rings (SSSR count). The molecule has 0 fully saturated rings. The van der Waals surface area contributed by atoms with Gasteiger partial charge in [-0.2, -0.15) is 26.3 Å². The summed E-state index contributed by atoms with van der Waals surface area (Å²) in [4.78, 5) is 10.2. The van der Waals surface area contributed by atoms with Crippen molar-refractivity contribution in [3.8, 4) is 0 Å². The quantitative estimate of drug-likeness (QED) is 0.0752. The Morgan fingerprint density at radius 3 is 0.620 bits per heavy atom. The van der Waals surface area contributed by atoms with Crippen LogP contribution >= 0.6 is 0 Å².